The molecule has 2 aromatic carbocycles. The van der Waals surface area contributed by atoms with Gasteiger partial charge in [0.2, 0.25) is 5.91 Å². The summed E-state index contributed by atoms with van der Waals surface area (Å²) in [6, 6.07) is 15.5. The third-order valence-corrected chi connectivity index (χ3v) is 6.98. The molecule has 2 aliphatic heterocycles. The summed E-state index contributed by atoms with van der Waals surface area (Å²) in [4.78, 5) is 47.7. The first-order chi connectivity index (χ1) is 19.7. The molecule has 8 nitrogen and oxygen atoms in total. The summed E-state index contributed by atoms with van der Waals surface area (Å²) < 4.78 is 42.0. The largest absolute Gasteiger partial charge is 0.416 e. The van der Waals surface area contributed by atoms with Gasteiger partial charge in [-0.1, -0.05) is 60.7 Å². The number of hydrogen-bond acceptors (Lipinski definition) is 4. The van der Waals surface area contributed by atoms with Crippen LogP contribution in [-0.4, -0.2) is 45.7 Å². The molecule has 3 aromatic rings. The fraction of sp³-hybridized carbons (Fsp3) is 0.200. The molecule has 5 rings (SSSR count). The third kappa shape index (κ3) is 5.43. The average Bonchev–Trinajstić information content (AvgIpc) is 3.30. The van der Waals surface area contributed by atoms with Crippen LogP contribution in [0.15, 0.2) is 103 Å². The summed E-state index contributed by atoms with van der Waals surface area (Å²) in [5.41, 5.74) is 0.0776. The molecular weight excluding hydrogens is 535 g/mol. The molecule has 210 valence electrons. The lowest BCUT2D eigenvalue weighted by molar-refractivity contribution is -0.138. The Kier molecular flexibility index (Phi) is 7.60. The van der Waals surface area contributed by atoms with Gasteiger partial charge in [-0.05, 0) is 29.3 Å². The first-order valence-electron chi connectivity index (χ1n) is 12.8. The van der Waals surface area contributed by atoms with E-state index in [0.717, 1.165) is 6.07 Å². The minimum atomic E-state index is -4.72. The van der Waals surface area contributed by atoms with E-state index in [1.165, 1.54) is 34.1 Å². The van der Waals surface area contributed by atoms with E-state index >= 15 is 0 Å². The number of halogens is 3. The molecule has 0 saturated heterocycles. The number of alkyl halides is 3. The quantitative estimate of drug-likeness (QED) is 0.396. The normalized spacial score (nSPS) is 17.7. The number of pyridine rings is 1. The Morgan fingerprint density at radius 1 is 1.07 bits per heavy atom. The van der Waals surface area contributed by atoms with Gasteiger partial charge < -0.3 is 15.5 Å². The van der Waals surface area contributed by atoms with Crippen molar-refractivity contribution in [3.05, 3.63) is 125 Å². The number of amides is 4. The van der Waals surface area contributed by atoms with Crippen molar-refractivity contribution in [2.45, 2.75) is 24.8 Å². The van der Waals surface area contributed by atoms with Crippen LogP contribution in [0.5, 0.6) is 0 Å². The van der Waals surface area contributed by atoms with Crippen LogP contribution in [0.4, 0.5) is 18.0 Å². The second kappa shape index (κ2) is 11.3. The molecule has 0 bridgehead atoms. The monoisotopic (exact) mass is 561 g/mol. The highest BCUT2D eigenvalue weighted by molar-refractivity contribution is 6.04. The van der Waals surface area contributed by atoms with Gasteiger partial charge in [-0.15, -0.1) is 6.58 Å². The Morgan fingerprint density at radius 3 is 2.46 bits per heavy atom. The van der Waals surface area contributed by atoms with Crippen LogP contribution in [0.25, 0.3) is 0 Å². The van der Waals surface area contributed by atoms with Crippen molar-refractivity contribution in [1.82, 2.24) is 25.4 Å². The van der Waals surface area contributed by atoms with E-state index in [4.69, 9.17) is 0 Å². The molecule has 4 amide bonds. The van der Waals surface area contributed by atoms with Crippen molar-refractivity contribution in [2.75, 3.05) is 13.1 Å². The SMILES string of the molecule is C=CCN1C(=O)N[C@@H](c2ccccc2C(F)(F)F)C2=C1CN([C@@H](C(=O)NCc1ccccn1)c1ccccc1)C2=O. The van der Waals surface area contributed by atoms with E-state index in [1.54, 1.807) is 54.7 Å². The standard InChI is InChI=1S/C30H26F3N5O3/c1-2-16-37-23-18-38(26(19-10-4-3-5-11-19)27(39)35-17-20-12-8-9-15-34-20)28(40)24(23)25(36-29(37)41)21-13-6-7-14-22(21)30(31,32)33/h2-15,25-26H,1,16-18H2,(H,35,39)(H,36,41)/t25-,26+/m0/s1. The molecule has 0 saturated carbocycles. The lowest BCUT2D eigenvalue weighted by Crippen LogP contribution is -2.47. The molecule has 2 aliphatic rings. The first-order valence-corrected chi connectivity index (χ1v) is 12.8. The zero-order valence-corrected chi connectivity index (χ0v) is 21.8. The van der Waals surface area contributed by atoms with Gasteiger partial charge in [0.05, 0.1) is 41.7 Å². The predicted octanol–water partition coefficient (Wildman–Crippen LogP) is 4.51. The number of aromatic nitrogens is 1. The van der Waals surface area contributed by atoms with Gasteiger partial charge in [0.1, 0.15) is 6.04 Å². The molecule has 0 unspecified atom stereocenters. The second-order valence-electron chi connectivity index (χ2n) is 9.51. The third-order valence-electron chi connectivity index (χ3n) is 6.98. The van der Waals surface area contributed by atoms with Gasteiger partial charge in [-0.25, -0.2) is 4.79 Å². The van der Waals surface area contributed by atoms with Crippen molar-refractivity contribution < 1.29 is 27.6 Å². The molecule has 11 heteroatoms. The molecule has 0 radical (unpaired) electrons. The maximum absolute atomic E-state index is 14.1. The number of nitrogens with zero attached hydrogens (tertiary/aromatic N) is 3. The number of carbonyl (C=O) groups is 3. The fourth-order valence-electron chi connectivity index (χ4n) is 5.17. The van der Waals surface area contributed by atoms with E-state index in [1.807, 2.05) is 0 Å². The number of hydrogen-bond donors (Lipinski definition) is 2. The highest BCUT2D eigenvalue weighted by Crippen LogP contribution is 2.43. The number of benzene rings is 2. The van der Waals surface area contributed by atoms with Crippen molar-refractivity contribution in [1.29, 1.82) is 0 Å². The van der Waals surface area contributed by atoms with Gasteiger partial charge in [0.25, 0.3) is 5.91 Å². The minimum Gasteiger partial charge on any atom is -0.348 e. The number of nitrogens with one attached hydrogen (secondary N) is 2. The molecule has 2 N–H and O–H groups in total. The molecule has 0 spiro atoms. The van der Waals surface area contributed by atoms with Crippen LogP contribution in [0.1, 0.15) is 34.5 Å². The van der Waals surface area contributed by atoms with E-state index in [2.05, 4.69) is 22.2 Å². The van der Waals surface area contributed by atoms with Gasteiger partial charge in [0, 0.05) is 12.7 Å². The Hall–Kier alpha value is -4.93. The van der Waals surface area contributed by atoms with E-state index < -0.39 is 41.7 Å². The van der Waals surface area contributed by atoms with Crippen LogP contribution in [0.3, 0.4) is 0 Å². The summed E-state index contributed by atoms with van der Waals surface area (Å²) in [5, 5.41) is 5.40. The Labute approximate surface area is 234 Å². The van der Waals surface area contributed by atoms with E-state index in [0.29, 0.717) is 11.3 Å². The molecule has 1 aromatic heterocycles. The van der Waals surface area contributed by atoms with Crippen molar-refractivity contribution in [3.63, 3.8) is 0 Å². The van der Waals surface area contributed by atoms with Crippen LogP contribution < -0.4 is 10.6 Å². The predicted molar refractivity (Wildman–Crippen MR) is 144 cm³/mol. The van der Waals surface area contributed by atoms with Crippen LogP contribution in [0, 0.1) is 0 Å². The number of rotatable bonds is 8. The highest BCUT2D eigenvalue weighted by atomic mass is 19.4. The van der Waals surface area contributed by atoms with Gasteiger partial charge in [-0.3, -0.25) is 19.5 Å². The lowest BCUT2D eigenvalue weighted by atomic mass is 9.91. The molecule has 0 aliphatic carbocycles. The zero-order chi connectivity index (χ0) is 29.1. The van der Waals surface area contributed by atoms with Crippen LogP contribution in [-0.2, 0) is 22.3 Å². The summed E-state index contributed by atoms with van der Waals surface area (Å²) >= 11 is 0. The number of urea groups is 1. The Morgan fingerprint density at radius 2 is 1.78 bits per heavy atom. The molecule has 41 heavy (non-hydrogen) atoms. The van der Waals surface area contributed by atoms with Crippen molar-refractivity contribution >= 4 is 17.8 Å². The topological polar surface area (TPSA) is 94.6 Å². The average molecular weight is 562 g/mol. The fourth-order valence-corrected chi connectivity index (χ4v) is 5.17. The van der Waals surface area contributed by atoms with Crippen LogP contribution in [0.2, 0.25) is 0 Å². The maximum Gasteiger partial charge on any atom is 0.416 e. The summed E-state index contributed by atoms with van der Waals surface area (Å²) in [6.07, 6.45) is -1.68. The summed E-state index contributed by atoms with van der Waals surface area (Å²) in [6.45, 7) is 3.61. The van der Waals surface area contributed by atoms with Gasteiger partial charge in [0.15, 0.2) is 0 Å². The van der Waals surface area contributed by atoms with Gasteiger partial charge >= 0.3 is 12.2 Å². The summed E-state index contributed by atoms with van der Waals surface area (Å²) in [5.74, 6) is -1.16. The first kappa shape index (κ1) is 27.6. The molecule has 2 atom stereocenters. The van der Waals surface area contributed by atoms with Crippen LogP contribution >= 0.6 is 0 Å². The van der Waals surface area contributed by atoms with Crippen molar-refractivity contribution in [2.24, 2.45) is 0 Å². The molecular formula is C30H26F3N5O3. The van der Waals surface area contributed by atoms with E-state index in [9.17, 15) is 27.6 Å². The smallest absolute Gasteiger partial charge is 0.348 e. The molecule has 0 fully saturated rings. The zero-order valence-electron chi connectivity index (χ0n) is 21.8. The number of carbonyl (C=O) groups excluding carboxylic acids is 3. The van der Waals surface area contributed by atoms with E-state index in [-0.39, 0.29) is 36.5 Å². The second-order valence-corrected chi connectivity index (χ2v) is 9.51. The van der Waals surface area contributed by atoms with Crippen molar-refractivity contribution in [3.8, 4) is 0 Å². The molecule has 3 heterocycles. The highest BCUT2D eigenvalue weighted by Gasteiger charge is 2.49. The Bertz CT molecular complexity index is 1510. The maximum atomic E-state index is 14.1. The lowest BCUT2D eigenvalue weighted by Gasteiger charge is -2.33. The minimum absolute atomic E-state index is 0.0152. The Balaban J connectivity index is 1.56. The summed E-state index contributed by atoms with van der Waals surface area (Å²) in [7, 11) is 0. The van der Waals surface area contributed by atoms with Gasteiger partial charge in [-0.2, -0.15) is 13.2 Å².